The van der Waals surface area contributed by atoms with E-state index in [1.165, 1.54) is 10.2 Å². The average molecular weight is 181 g/mol. The second-order valence-corrected chi connectivity index (χ2v) is 3.98. The van der Waals surface area contributed by atoms with Gasteiger partial charge in [0.2, 0.25) is 0 Å². The molecule has 0 aliphatic rings. The second kappa shape index (κ2) is 6.16. The van der Waals surface area contributed by atoms with Gasteiger partial charge in [-0.25, -0.2) is 0 Å². The van der Waals surface area contributed by atoms with Gasteiger partial charge in [-0.2, -0.15) is 0 Å². The molecular weight excluding hydrogens is 164 g/mol. The Morgan fingerprint density at radius 3 is 2.60 bits per heavy atom. The van der Waals surface area contributed by atoms with E-state index in [0.29, 0.717) is 0 Å². The van der Waals surface area contributed by atoms with E-state index in [9.17, 15) is 0 Å². The highest BCUT2D eigenvalue weighted by atomic mass is 35.5. The molecule has 0 bridgehead atoms. The predicted octanol–water partition coefficient (Wildman–Crippen LogP) is -0.514. The molecule has 0 saturated carbocycles. The Morgan fingerprint density at radius 1 is 1.60 bits per heavy atom. The Labute approximate surface area is 71.3 Å². The summed E-state index contributed by atoms with van der Waals surface area (Å²) in [6.45, 7) is 2.05. The van der Waals surface area contributed by atoms with E-state index >= 15 is 0 Å². The van der Waals surface area contributed by atoms with E-state index in [0.717, 1.165) is 19.1 Å². The van der Waals surface area contributed by atoms with Crippen molar-refractivity contribution in [3.63, 3.8) is 0 Å². The lowest BCUT2D eigenvalue weighted by atomic mass is 10.5. The van der Waals surface area contributed by atoms with E-state index < -0.39 is 0 Å². The van der Waals surface area contributed by atoms with Crippen LogP contribution in [0, 0.1) is 0 Å². The summed E-state index contributed by atoms with van der Waals surface area (Å²) in [7, 11) is 5.30. The summed E-state index contributed by atoms with van der Waals surface area (Å²) in [6.07, 6.45) is 0. The summed E-state index contributed by atoms with van der Waals surface area (Å²) >= 11 is 5.85. The van der Waals surface area contributed by atoms with Gasteiger partial charge in [0.25, 0.3) is 0 Å². The molecule has 1 unspecified atom stereocenters. The number of hydrogen-bond donors (Lipinski definition) is 1. The Morgan fingerprint density at radius 2 is 2.20 bits per heavy atom. The minimum Gasteiger partial charge on any atom is -0.308 e. The Bertz CT molecular complexity index is 80.1. The highest BCUT2D eigenvalue weighted by molar-refractivity contribution is 6.24. The van der Waals surface area contributed by atoms with Crippen LogP contribution in [0.15, 0.2) is 0 Å². The molecule has 10 heavy (non-hydrogen) atoms. The lowest BCUT2D eigenvalue weighted by Gasteiger charge is -2.12. The van der Waals surface area contributed by atoms with Gasteiger partial charge in [-0.15, -0.1) is 11.6 Å². The number of nitrogens with zero attached hydrogens (tertiary/aromatic N) is 1. The van der Waals surface area contributed by atoms with Crippen molar-refractivity contribution in [3.05, 3.63) is 0 Å². The van der Waals surface area contributed by atoms with E-state index in [4.69, 9.17) is 11.6 Å². The highest BCUT2D eigenvalue weighted by Gasteiger charge is 1.97. The average Bonchev–Trinajstić information content (AvgIpc) is 1.87. The SMILES string of the molecule is CN(C)CCNC(Cl)C[SiH3]. The highest BCUT2D eigenvalue weighted by Crippen LogP contribution is 1.92. The number of halogens is 1. The van der Waals surface area contributed by atoms with Crippen molar-refractivity contribution in [2.75, 3.05) is 27.2 Å². The van der Waals surface area contributed by atoms with Crippen molar-refractivity contribution >= 4 is 21.8 Å². The molecular formula is C6H17ClN2Si. The summed E-state index contributed by atoms with van der Waals surface area (Å²) < 4.78 is 0. The monoisotopic (exact) mass is 180 g/mol. The van der Waals surface area contributed by atoms with Crippen molar-refractivity contribution in [2.45, 2.75) is 11.5 Å². The van der Waals surface area contributed by atoms with Gasteiger partial charge in [0.15, 0.2) is 0 Å². The van der Waals surface area contributed by atoms with Gasteiger partial charge in [-0.05, 0) is 20.1 Å². The third-order valence-electron chi connectivity index (χ3n) is 1.28. The zero-order chi connectivity index (χ0) is 7.98. The van der Waals surface area contributed by atoms with Crippen LogP contribution in [-0.4, -0.2) is 47.8 Å². The molecule has 0 amide bonds. The van der Waals surface area contributed by atoms with Gasteiger partial charge in [0, 0.05) is 23.3 Å². The van der Waals surface area contributed by atoms with Crippen LogP contribution in [0.1, 0.15) is 0 Å². The minimum atomic E-state index is 0.201. The molecule has 0 aromatic carbocycles. The smallest absolute Gasteiger partial charge is 0.0794 e. The minimum absolute atomic E-state index is 0.201. The van der Waals surface area contributed by atoms with Crippen LogP contribution in [0.4, 0.5) is 0 Å². The summed E-state index contributed by atoms with van der Waals surface area (Å²) in [5.74, 6) is 0. The van der Waals surface area contributed by atoms with Gasteiger partial charge >= 0.3 is 0 Å². The summed E-state index contributed by atoms with van der Waals surface area (Å²) in [5, 5.41) is 3.22. The molecule has 2 nitrogen and oxygen atoms in total. The van der Waals surface area contributed by atoms with E-state index in [-0.39, 0.29) is 5.50 Å². The molecule has 0 heterocycles. The molecule has 4 heteroatoms. The second-order valence-electron chi connectivity index (χ2n) is 2.63. The van der Waals surface area contributed by atoms with E-state index in [1.54, 1.807) is 0 Å². The Kier molecular flexibility index (Phi) is 6.42. The third-order valence-corrected chi connectivity index (χ3v) is 3.08. The third kappa shape index (κ3) is 6.55. The summed E-state index contributed by atoms with van der Waals surface area (Å²) in [4.78, 5) is 2.14. The zero-order valence-corrected chi connectivity index (χ0v) is 9.78. The van der Waals surface area contributed by atoms with E-state index in [1.807, 2.05) is 0 Å². The number of likely N-dealkylation sites (N-methyl/N-ethyl adjacent to an activating group) is 1. The van der Waals surface area contributed by atoms with E-state index in [2.05, 4.69) is 24.3 Å². The first kappa shape index (κ1) is 10.4. The summed E-state index contributed by atoms with van der Waals surface area (Å²) in [5.41, 5.74) is 0.201. The molecule has 0 fully saturated rings. The summed E-state index contributed by atoms with van der Waals surface area (Å²) in [6, 6.07) is 1.12. The van der Waals surface area contributed by atoms with Gasteiger partial charge in [-0.3, -0.25) is 0 Å². The fraction of sp³-hybridized carbons (Fsp3) is 1.00. The maximum Gasteiger partial charge on any atom is 0.0794 e. The molecule has 0 aliphatic carbocycles. The molecule has 62 valence electrons. The van der Waals surface area contributed by atoms with Crippen molar-refractivity contribution in [1.29, 1.82) is 0 Å². The van der Waals surface area contributed by atoms with Crippen LogP contribution in [0.25, 0.3) is 0 Å². The molecule has 0 aliphatic heterocycles. The first-order valence-corrected chi connectivity index (χ1v) is 5.54. The molecule has 1 N–H and O–H groups in total. The van der Waals surface area contributed by atoms with Crippen molar-refractivity contribution < 1.29 is 0 Å². The lowest BCUT2D eigenvalue weighted by molar-refractivity contribution is 0.399. The van der Waals surface area contributed by atoms with Crippen molar-refractivity contribution in [2.24, 2.45) is 0 Å². The fourth-order valence-corrected chi connectivity index (χ4v) is 0.987. The maximum absolute atomic E-state index is 5.85. The molecule has 0 rings (SSSR count). The molecule has 0 radical (unpaired) electrons. The topological polar surface area (TPSA) is 15.3 Å². The quantitative estimate of drug-likeness (QED) is 0.348. The largest absolute Gasteiger partial charge is 0.308 e. The predicted molar refractivity (Wildman–Crippen MR) is 50.9 cm³/mol. The standard InChI is InChI=1S/C6H17ClN2Si/c1-9(2)4-3-8-6(7)5-10/h6,8H,3-5H2,1-2,10H3. The first-order chi connectivity index (χ1) is 4.66. The van der Waals surface area contributed by atoms with Crippen LogP contribution in [0.3, 0.4) is 0 Å². The molecule has 1 atom stereocenters. The van der Waals surface area contributed by atoms with Crippen LogP contribution in [-0.2, 0) is 0 Å². The van der Waals surface area contributed by atoms with Crippen LogP contribution < -0.4 is 5.32 Å². The zero-order valence-electron chi connectivity index (χ0n) is 7.02. The van der Waals surface area contributed by atoms with Crippen LogP contribution in [0.5, 0.6) is 0 Å². The van der Waals surface area contributed by atoms with Crippen molar-refractivity contribution in [3.8, 4) is 0 Å². The Hall–Kier alpha value is 0.427. The number of alkyl halides is 1. The van der Waals surface area contributed by atoms with Crippen molar-refractivity contribution in [1.82, 2.24) is 10.2 Å². The fourth-order valence-electron chi connectivity index (χ4n) is 0.589. The van der Waals surface area contributed by atoms with Gasteiger partial charge in [-0.1, -0.05) is 0 Å². The molecule has 0 aromatic rings. The Balaban J connectivity index is 3.03. The van der Waals surface area contributed by atoms with Crippen LogP contribution >= 0.6 is 11.6 Å². The normalized spacial score (nSPS) is 14.4. The maximum atomic E-state index is 5.85. The molecule has 0 aromatic heterocycles. The molecule has 0 spiro atoms. The van der Waals surface area contributed by atoms with Gasteiger partial charge in [0.1, 0.15) is 0 Å². The number of rotatable bonds is 5. The van der Waals surface area contributed by atoms with Gasteiger partial charge < -0.3 is 10.2 Å². The van der Waals surface area contributed by atoms with Gasteiger partial charge in [0.05, 0.1) is 5.50 Å². The number of nitrogens with one attached hydrogen (secondary N) is 1. The lowest BCUT2D eigenvalue weighted by Crippen LogP contribution is -2.31. The first-order valence-electron chi connectivity index (χ1n) is 3.69. The van der Waals surface area contributed by atoms with Crippen LogP contribution in [0.2, 0.25) is 6.04 Å². The number of hydrogen-bond acceptors (Lipinski definition) is 2. The molecule has 0 saturated heterocycles.